The average molecular weight is 335 g/mol. The molecule has 2 atom stereocenters. The van der Waals surface area contributed by atoms with Crippen molar-refractivity contribution in [3.63, 3.8) is 0 Å². The summed E-state index contributed by atoms with van der Waals surface area (Å²) >= 11 is 0. The quantitative estimate of drug-likeness (QED) is 0.857. The van der Waals surface area contributed by atoms with Crippen molar-refractivity contribution in [2.24, 2.45) is 5.92 Å². The molecule has 1 amide bonds. The number of fused-ring (bicyclic) bond motifs is 3. The number of rotatable bonds is 2. The molecular weight excluding hydrogens is 318 g/mol. The third-order valence-corrected chi connectivity index (χ3v) is 5.51. The monoisotopic (exact) mass is 335 g/mol. The molecule has 5 rings (SSSR count). The Bertz CT molecular complexity index is 910. The van der Waals surface area contributed by atoms with E-state index in [2.05, 4.69) is 5.32 Å². The molecule has 5 nitrogen and oxygen atoms in total. The number of aryl methyl sites for hydroxylation is 1. The van der Waals surface area contributed by atoms with E-state index in [-0.39, 0.29) is 17.8 Å². The summed E-state index contributed by atoms with van der Waals surface area (Å²) in [7, 11) is 0. The fourth-order valence-electron chi connectivity index (χ4n) is 4.30. The van der Waals surface area contributed by atoms with Gasteiger partial charge in [-0.3, -0.25) is 4.79 Å². The summed E-state index contributed by atoms with van der Waals surface area (Å²) in [5.41, 5.74) is 5.73. The number of cyclic esters (lactones) is 1. The number of carbonyl (C=O) groups excluding carboxylic acids is 2. The van der Waals surface area contributed by atoms with E-state index in [0.717, 1.165) is 41.5 Å². The minimum Gasteiger partial charge on any atom is -0.472 e. The van der Waals surface area contributed by atoms with Crippen LogP contribution in [0.3, 0.4) is 0 Å². The molecule has 1 N–H and O–H groups in total. The SMILES string of the molecule is O=C1NCC=C1[C@H]1CCc2ccc3c(c2C1)[C@H](c1ccoc1)OC3=O. The van der Waals surface area contributed by atoms with Crippen LogP contribution >= 0.6 is 0 Å². The van der Waals surface area contributed by atoms with Gasteiger partial charge in [0, 0.05) is 23.2 Å². The van der Waals surface area contributed by atoms with Crippen LogP contribution in [-0.2, 0) is 22.4 Å². The molecule has 2 aromatic rings. The molecule has 0 spiro atoms. The molecule has 1 aromatic heterocycles. The van der Waals surface area contributed by atoms with E-state index in [1.807, 2.05) is 24.3 Å². The summed E-state index contributed by atoms with van der Waals surface area (Å²) in [6, 6.07) is 5.74. The number of ether oxygens (including phenoxy) is 1. The lowest BCUT2D eigenvalue weighted by atomic mass is 9.76. The number of hydrogen-bond acceptors (Lipinski definition) is 4. The van der Waals surface area contributed by atoms with Crippen molar-refractivity contribution in [3.05, 3.63) is 70.2 Å². The van der Waals surface area contributed by atoms with E-state index >= 15 is 0 Å². The average Bonchev–Trinajstić information content (AvgIpc) is 3.35. The number of carbonyl (C=O) groups is 2. The Labute approximate surface area is 144 Å². The van der Waals surface area contributed by atoms with Crippen LogP contribution in [0.5, 0.6) is 0 Å². The Kier molecular flexibility index (Phi) is 3.10. The third kappa shape index (κ3) is 2.15. The fraction of sp³-hybridized carbons (Fsp3) is 0.300. The van der Waals surface area contributed by atoms with E-state index < -0.39 is 6.10 Å². The smallest absolute Gasteiger partial charge is 0.339 e. The fourth-order valence-corrected chi connectivity index (χ4v) is 4.30. The van der Waals surface area contributed by atoms with Crippen molar-refractivity contribution in [1.29, 1.82) is 0 Å². The molecule has 3 heterocycles. The molecule has 5 heteroatoms. The topological polar surface area (TPSA) is 68.5 Å². The van der Waals surface area contributed by atoms with Crippen molar-refractivity contribution in [2.45, 2.75) is 25.4 Å². The van der Waals surface area contributed by atoms with Crippen LogP contribution in [0.15, 0.2) is 46.8 Å². The number of esters is 1. The van der Waals surface area contributed by atoms with Gasteiger partial charge in [-0.1, -0.05) is 12.1 Å². The van der Waals surface area contributed by atoms with E-state index in [0.29, 0.717) is 12.1 Å². The largest absolute Gasteiger partial charge is 0.472 e. The van der Waals surface area contributed by atoms with E-state index in [1.54, 1.807) is 12.5 Å². The maximum Gasteiger partial charge on any atom is 0.339 e. The second kappa shape index (κ2) is 5.34. The van der Waals surface area contributed by atoms with Crippen molar-refractivity contribution >= 4 is 11.9 Å². The zero-order chi connectivity index (χ0) is 17.0. The number of amides is 1. The van der Waals surface area contributed by atoms with Gasteiger partial charge in [-0.15, -0.1) is 0 Å². The van der Waals surface area contributed by atoms with Gasteiger partial charge in [0.2, 0.25) is 5.91 Å². The second-order valence-corrected chi connectivity index (χ2v) is 6.82. The van der Waals surface area contributed by atoms with Crippen LogP contribution in [0.1, 0.15) is 45.1 Å². The maximum atomic E-state index is 12.3. The molecule has 0 fully saturated rings. The van der Waals surface area contributed by atoms with Crippen LogP contribution in [0.2, 0.25) is 0 Å². The number of benzene rings is 1. The Balaban J connectivity index is 1.60. The van der Waals surface area contributed by atoms with Crippen molar-refractivity contribution < 1.29 is 18.7 Å². The number of nitrogens with one attached hydrogen (secondary N) is 1. The predicted molar refractivity (Wildman–Crippen MR) is 89.0 cm³/mol. The van der Waals surface area contributed by atoms with Crippen molar-refractivity contribution in [1.82, 2.24) is 5.32 Å². The van der Waals surface area contributed by atoms with Gasteiger partial charge in [0.1, 0.15) is 0 Å². The lowest BCUT2D eigenvalue weighted by Crippen LogP contribution is -2.25. The summed E-state index contributed by atoms with van der Waals surface area (Å²) in [4.78, 5) is 24.4. The zero-order valence-corrected chi connectivity index (χ0v) is 13.6. The Morgan fingerprint density at radius 3 is 2.84 bits per heavy atom. The molecule has 0 bridgehead atoms. The van der Waals surface area contributed by atoms with E-state index in [9.17, 15) is 9.59 Å². The van der Waals surface area contributed by atoms with E-state index in [1.165, 1.54) is 5.56 Å². The van der Waals surface area contributed by atoms with Gasteiger partial charge in [-0.2, -0.15) is 0 Å². The molecule has 1 aliphatic carbocycles. The molecule has 0 saturated carbocycles. The predicted octanol–water partition coefficient (Wildman–Crippen LogP) is 2.70. The highest BCUT2D eigenvalue weighted by atomic mass is 16.5. The highest BCUT2D eigenvalue weighted by Gasteiger charge is 2.38. The van der Waals surface area contributed by atoms with Crippen LogP contribution in [0.4, 0.5) is 0 Å². The lowest BCUT2D eigenvalue weighted by molar-refractivity contribution is -0.117. The summed E-state index contributed by atoms with van der Waals surface area (Å²) in [6.07, 6.45) is 7.42. The van der Waals surface area contributed by atoms with Crippen molar-refractivity contribution in [3.8, 4) is 0 Å². The number of furan rings is 1. The molecule has 25 heavy (non-hydrogen) atoms. The Hall–Kier alpha value is -2.82. The highest BCUT2D eigenvalue weighted by Crippen LogP contribution is 2.43. The minimum atomic E-state index is -0.415. The van der Waals surface area contributed by atoms with Crippen LogP contribution in [0, 0.1) is 5.92 Å². The molecule has 1 aromatic carbocycles. The van der Waals surface area contributed by atoms with Gasteiger partial charge in [-0.05, 0) is 48.4 Å². The molecule has 3 aliphatic rings. The van der Waals surface area contributed by atoms with Gasteiger partial charge in [0.25, 0.3) is 0 Å². The summed E-state index contributed by atoms with van der Waals surface area (Å²) in [6.45, 7) is 0.615. The molecular formula is C20H17NO4. The molecule has 0 radical (unpaired) electrons. The standard InChI is InChI=1S/C20H17NO4/c22-19-14(5-7-21-19)12-2-1-11-3-4-15-17(16(11)9-12)18(25-20(15)23)13-6-8-24-10-13/h3-6,8,10,12,18H,1-2,7,9H2,(H,21,22)/t12-,18-/m0/s1. The summed E-state index contributed by atoms with van der Waals surface area (Å²) < 4.78 is 10.8. The first-order valence-corrected chi connectivity index (χ1v) is 8.58. The van der Waals surface area contributed by atoms with E-state index in [4.69, 9.17) is 9.15 Å². The first kappa shape index (κ1) is 14.5. The molecule has 2 aliphatic heterocycles. The summed E-state index contributed by atoms with van der Waals surface area (Å²) in [5.74, 6) is -0.0501. The third-order valence-electron chi connectivity index (χ3n) is 5.51. The lowest BCUT2D eigenvalue weighted by Gasteiger charge is -2.27. The van der Waals surface area contributed by atoms with Crippen LogP contribution < -0.4 is 5.32 Å². The van der Waals surface area contributed by atoms with Gasteiger partial charge >= 0.3 is 5.97 Å². The van der Waals surface area contributed by atoms with Crippen LogP contribution in [-0.4, -0.2) is 18.4 Å². The molecule has 126 valence electrons. The van der Waals surface area contributed by atoms with Crippen LogP contribution in [0.25, 0.3) is 0 Å². The Morgan fingerprint density at radius 1 is 1.16 bits per heavy atom. The van der Waals surface area contributed by atoms with Gasteiger partial charge < -0.3 is 14.5 Å². The minimum absolute atomic E-state index is 0.0414. The first-order valence-electron chi connectivity index (χ1n) is 8.58. The first-order chi connectivity index (χ1) is 12.2. The van der Waals surface area contributed by atoms with Gasteiger partial charge in [-0.25, -0.2) is 4.79 Å². The van der Waals surface area contributed by atoms with Gasteiger partial charge in [0.05, 0.1) is 18.1 Å². The maximum absolute atomic E-state index is 12.3. The molecule has 0 saturated heterocycles. The number of hydrogen-bond donors (Lipinski definition) is 1. The summed E-state index contributed by atoms with van der Waals surface area (Å²) in [5, 5.41) is 2.86. The normalized spacial score (nSPS) is 24.4. The molecule has 0 unspecified atom stereocenters. The highest BCUT2D eigenvalue weighted by molar-refractivity contribution is 5.97. The van der Waals surface area contributed by atoms with Gasteiger partial charge in [0.15, 0.2) is 6.10 Å². The Morgan fingerprint density at radius 2 is 2.08 bits per heavy atom. The zero-order valence-electron chi connectivity index (χ0n) is 13.6. The second-order valence-electron chi connectivity index (χ2n) is 6.82. The van der Waals surface area contributed by atoms with Crippen molar-refractivity contribution in [2.75, 3.05) is 6.54 Å².